The second-order valence-corrected chi connectivity index (χ2v) is 6.67. The molecular weight excluding hydrogens is 322 g/mol. The molecule has 0 spiro atoms. The molecule has 2 aromatic heterocycles. The van der Waals surface area contributed by atoms with Gasteiger partial charge in [-0.15, -0.1) is 11.3 Å². The molecule has 1 unspecified atom stereocenters. The monoisotopic (exact) mass is 343 g/mol. The molecule has 3 rings (SSSR count). The largest absolute Gasteiger partial charge is 0.391 e. The number of benzene rings is 1. The van der Waals surface area contributed by atoms with Crippen LogP contribution in [-0.2, 0) is 4.74 Å². The molecule has 0 fully saturated rings. The lowest BCUT2D eigenvalue weighted by molar-refractivity contribution is 0.0615. The number of nitrogens with one attached hydrogen (secondary N) is 1. The number of fused-ring (bicyclic) bond motifs is 1. The van der Waals surface area contributed by atoms with E-state index in [1.165, 1.54) is 10.4 Å². The van der Waals surface area contributed by atoms with E-state index in [0.717, 1.165) is 21.9 Å². The van der Waals surface area contributed by atoms with Crippen molar-refractivity contribution in [2.75, 3.05) is 25.6 Å². The molecular formula is C18H21N3O2S. The van der Waals surface area contributed by atoms with Crippen molar-refractivity contribution in [3.8, 4) is 10.4 Å². The average molecular weight is 343 g/mol. The highest BCUT2D eigenvalue weighted by Crippen LogP contribution is 2.35. The van der Waals surface area contributed by atoms with E-state index >= 15 is 0 Å². The summed E-state index contributed by atoms with van der Waals surface area (Å²) in [6.07, 6.45) is 0.136. The highest BCUT2D eigenvalue weighted by molar-refractivity contribution is 7.21. The van der Waals surface area contributed by atoms with E-state index in [1.54, 1.807) is 18.4 Å². The minimum Gasteiger partial charge on any atom is -0.391 e. The molecule has 0 aliphatic carbocycles. The molecule has 1 atom stereocenters. The summed E-state index contributed by atoms with van der Waals surface area (Å²) in [7, 11) is 1.59. The Balaban J connectivity index is 1.83. The van der Waals surface area contributed by atoms with Crippen LogP contribution in [0.3, 0.4) is 0 Å². The van der Waals surface area contributed by atoms with Crippen LogP contribution in [0.4, 0.5) is 5.82 Å². The van der Waals surface area contributed by atoms with Gasteiger partial charge in [0.1, 0.15) is 16.5 Å². The van der Waals surface area contributed by atoms with Crippen LogP contribution in [0.2, 0.25) is 0 Å². The van der Waals surface area contributed by atoms with Gasteiger partial charge in [-0.2, -0.15) is 0 Å². The lowest BCUT2D eigenvalue weighted by Gasteiger charge is -2.11. The third kappa shape index (κ3) is 3.90. The van der Waals surface area contributed by atoms with E-state index in [9.17, 15) is 5.11 Å². The van der Waals surface area contributed by atoms with E-state index < -0.39 is 6.10 Å². The van der Waals surface area contributed by atoms with Gasteiger partial charge in [0, 0.05) is 18.5 Å². The van der Waals surface area contributed by atoms with Crippen LogP contribution in [0, 0.1) is 6.92 Å². The maximum Gasteiger partial charge on any atom is 0.138 e. The minimum absolute atomic E-state index is 0.344. The number of thiophene rings is 1. The number of aryl methyl sites for hydroxylation is 1. The van der Waals surface area contributed by atoms with E-state index in [-0.39, 0.29) is 0 Å². The molecule has 5 nitrogen and oxygen atoms in total. The smallest absolute Gasteiger partial charge is 0.138 e. The summed E-state index contributed by atoms with van der Waals surface area (Å²) < 4.78 is 4.95. The van der Waals surface area contributed by atoms with Crippen molar-refractivity contribution in [1.29, 1.82) is 0 Å². The Morgan fingerprint density at radius 2 is 2.04 bits per heavy atom. The van der Waals surface area contributed by atoms with Gasteiger partial charge >= 0.3 is 0 Å². The molecule has 0 saturated heterocycles. The number of ether oxygens (including phenoxy) is 1. The standard InChI is InChI=1S/C18H21N3O2S/c1-12-20-17(19-9-8-14(22)11-23-2)15-10-16(24-18(15)21-12)13-6-4-3-5-7-13/h3-7,10,14,22H,8-9,11H2,1-2H3,(H,19,20,21). The summed E-state index contributed by atoms with van der Waals surface area (Å²) in [5.41, 5.74) is 1.18. The number of rotatable bonds is 7. The van der Waals surface area contributed by atoms with Gasteiger partial charge in [0.25, 0.3) is 0 Å². The van der Waals surface area contributed by atoms with Crippen molar-refractivity contribution in [2.45, 2.75) is 19.4 Å². The first-order valence-corrected chi connectivity index (χ1v) is 8.73. The molecule has 2 N–H and O–H groups in total. The molecule has 0 radical (unpaired) electrons. The van der Waals surface area contributed by atoms with Gasteiger partial charge < -0.3 is 15.2 Å². The lowest BCUT2D eigenvalue weighted by Crippen LogP contribution is -2.18. The molecule has 0 saturated carbocycles. The predicted molar refractivity (Wildman–Crippen MR) is 98.6 cm³/mol. The predicted octanol–water partition coefficient (Wildman–Crippen LogP) is 3.48. The number of nitrogens with zero attached hydrogens (tertiary/aromatic N) is 2. The molecule has 0 aliphatic heterocycles. The molecule has 24 heavy (non-hydrogen) atoms. The third-order valence-electron chi connectivity index (χ3n) is 3.69. The number of hydrogen-bond acceptors (Lipinski definition) is 6. The van der Waals surface area contributed by atoms with E-state index in [2.05, 4.69) is 33.5 Å². The van der Waals surface area contributed by atoms with Crippen LogP contribution in [-0.4, -0.2) is 41.4 Å². The van der Waals surface area contributed by atoms with Crippen LogP contribution in [0.15, 0.2) is 36.4 Å². The summed E-state index contributed by atoms with van der Waals surface area (Å²) in [5.74, 6) is 1.56. The fraction of sp³-hybridized carbons (Fsp3) is 0.333. The van der Waals surface area contributed by atoms with Gasteiger partial charge in [-0.3, -0.25) is 0 Å². The van der Waals surface area contributed by atoms with Crippen molar-refractivity contribution in [3.63, 3.8) is 0 Å². The zero-order valence-electron chi connectivity index (χ0n) is 13.8. The zero-order valence-corrected chi connectivity index (χ0v) is 14.6. The van der Waals surface area contributed by atoms with Crippen LogP contribution >= 0.6 is 11.3 Å². The number of aliphatic hydroxyl groups excluding tert-OH is 1. The molecule has 126 valence electrons. The van der Waals surface area contributed by atoms with Crippen LogP contribution in [0.1, 0.15) is 12.2 Å². The summed E-state index contributed by atoms with van der Waals surface area (Å²) in [4.78, 5) is 11.2. The molecule has 0 amide bonds. The number of anilines is 1. The summed E-state index contributed by atoms with van der Waals surface area (Å²) in [5, 5.41) is 14.1. The Labute approximate surface area is 145 Å². The minimum atomic E-state index is -0.469. The molecule has 6 heteroatoms. The van der Waals surface area contributed by atoms with E-state index in [1.807, 2.05) is 25.1 Å². The fourth-order valence-electron chi connectivity index (χ4n) is 2.54. The molecule has 2 heterocycles. The van der Waals surface area contributed by atoms with E-state index in [0.29, 0.717) is 19.6 Å². The second kappa shape index (κ2) is 7.70. The zero-order chi connectivity index (χ0) is 16.9. The lowest BCUT2D eigenvalue weighted by atomic mass is 10.2. The van der Waals surface area contributed by atoms with Crippen LogP contribution < -0.4 is 5.32 Å². The number of methoxy groups -OCH3 is 1. The Morgan fingerprint density at radius 3 is 2.79 bits per heavy atom. The highest BCUT2D eigenvalue weighted by Gasteiger charge is 2.12. The van der Waals surface area contributed by atoms with Crippen molar-refractivity contribution in [2.24, 2.45) is 0 Å². The Hall–Kier alpha value is -2.02. The fourth-order valence-corrected chi connectivity index (χ4v) is 3.62. The quantitative estimate of drug-likeness (QED) is 0.687. The Morgan fingerprint density at radius 1 is 1.25 bits per heavy atom. The topological polar surface area (TPSA) is 67.3 Å². The first-order valence-electron chi connectivity index (χ1n) is 7.92. The maximum atomic E-state index is 9.75. The first-order chi connectivity index (χ1) is 11.7. The number of aliphatic hydroxyl groups is 1. The molecule has 1 aromatic carbocycles. The van der Waals surface area contributed by atoms with Gasteiger partial charge in [-0.05, 0) is 25.0 Å². The summed E-state index contributed by atoms with van der Waals surface area (Å²) in [6.45, 7) is 2.87. The Bertz CT molecular complexity index is 805. The maximum absolute atomic E-state index is 9.75. The van der Waals surface area contributed by atoms with Crippen LogP contribution in [0.25, 0.3) is 20.7 Å². The van der Waals surface area contributed by atoms with Gasteiger partial charge in [0.2, 0.25) is 0 Å². The van der Waals surface area contributed by atoms with Crippen LogP contribution in [0.5, 0.6) is 0 Å². The molecule has 0 aliphatic rings. The van der Waals surface area contributed by atoms with Crippen molar-refractivity contribution >= 4 is 27.4 Å². The van der Waals surface area contributed by atoms with Crippen molar-refractivity contribution in [1.82, 2.24) is 9.97 Å². The van der Waals surface area contributed by atoms with E-state index in [4.69, 9.17) is 4.74 Å². The van der Waals surface area contributed by atoms with Crippen molar-refractivity contribution in [3.05, 3.63) is 42.2 Å². The average Bonchev–Trinajstić information content (AvgIpc) is 3.00. The number of aromatic nitrogens is 2. The molecule has 3 aromatic rings. The molecule has 0 bridgehead atoms. The normalized spacial score (nSPS) is 12.5. The third-order valence-corrected chi connectivity index (χ3v) is 4.77. The van der Waals surface area contributed by atoms with Gasteiger partial charge in [-0.25, -0.2) is 9.97 Å². The van der Waals surface area contributed by atoms with Gasteiger partial charge in [0.05, 0.1) is 18.1 Å². The second-order valence-electron chi connectivity index (χ2n) is 5.64. The van der Waals surface area contributed by atoms with Gasteiger partial charge in [0.15, 0.2) is 0 Å². The summed E-state index contributed by atoms with van der Waals surface area (Å²) >= 11 is 1.67. The first kappa shape index (κ1) is 16.8. The highest BCUT2D eigenvalue weighted by atomic mass is 32.1. The SMILES string of the molecule is COCC(O)CCNc1nc(C)nc2sc(-c3ccccc3)cc12. The number of hydrogen-bond donors (Lipinski definition) is 2. The Kier molecular flexibility index (Phi) is 5.40. The van der Waals surface area contributed by atoms with Crippen molar-refractivity contribution < 1.29 is 9.84 Å². The van der Waals surface area contributed by atoms with Gasteiger partial charge in [-0.1, -0.05) is 30.3 Å². The summed E-state index contributed by atoms with van der Waals surface area (Å²) in [6, 6.07) is 12.4.